The minimum absolute atomic E-state index is 0.00233. The van der Waals surface area contributed by atoms with Crippen molar-refractivity contribution in [3.63, 3.8) is 0 Å². The first-order chi connectivity index (χ1) is 37.0. The number of benzene rings is 3. The van der Waals surface area contributed by atoms with Gasteiger partial charge in [-0.15, -0.1) is 0 Å². The molecule has 1 amide bonds. The van der Waals surface area contributed by atoms with Crippen molar-refractivity contribution in [3.05, 3.63) is 69.6 Å². The number of amides is 1. The van der Waals surface area contributed by atoms with Gasteiger partial charge in [0.2, 0.25) is 5.43 Å². The van der Waals surface area contributed by atoms with Crippen LogP contribution in [0, 0.1) is 36.5 Å². The first-order valence-electron chi connectivity index (χ1n) is 25.3. The van der Waals surface area contributed by atoms with E-state index in [2.05, 4.69) is 66.8 Å². The highest BCUT2D eigenvalue weighted by Crippen LogP contribution is 2.52. The highest BCUT2D eigenvalue weighted by Gasteiger charge is 2.50. The van der Waals surface area contributed by atoms with Crippen LogP contribution in [-0.2, 0) is 47.2 Å². The average molecular weight is 1160 g/mol. The van der Waals surface area contributed by atoms with Crippen molar-refractivity contribution >= 4 is 101 Å². The minimum atomic E-state index is -2.08. The van der Waals surface area contributed by atoms with Gasteiger partial charge >= 0.3 is 23.7 Å². The normalized spacial score (nSPS) is 25.5. The summed E-state index contributed by atoms with van der Waals surface area (Å²) >= 11 is 0. The molecule has 4 heterocycles. The Kier molecular flexibility index (Phi) is 19.6. The van der Waals surface area contributed by atoms with E-state index in [1.807, 2.05) is 33.8 Å². The second-order valence-corrected chi connectivity index (χ2v) is 21.4. The van der Waals surface area contributed by atoms with Crippen LogP contribution in [0.15, 0.2) is 57.5 Å². The number of Topliss-reactive ketones (excluding diaryl/α,β-unsaturated/α-hetero) is 1. The van der Waals surface area contributed by atoms with Crippen LogP contribution in [0.5, 0.6) is 17.2 Å². The van der Waals surface area contributed by atoms with Crippen LogP contribution in [0.1, 0.15) is 71.3 Å². The van der Waals surface area contributed by atoms with Gasteiger partial charge in [0.15, 0.2) is 17.1 Å². The molecule has 2 aromatic rings. The van der Waals surface area contributed by atoms with Gasteiger partial charge in [0.1, 0.15) is 41.1 Å². The number of rotatable bonds is 11. The number of carbonyl (C=O) groups is 5. The average Bonchev–Trinajstić information content (AvgIpc) is 3.75. The highest BCUT2D eigenvalue weighted by atomic mass is 31.0. The van der Waals surface area contributed by atoms with Gasteiger partial charge in [-0.05, 0) is 18.9 Å². The number of hydrogen-bond acceptors (Lipinski definition) is 19. The fourth-order valence-electron chi connectivity index (χ4n) is 10.7. The second kappa shape index (κ2) is 25.4. The van der Waals surface area contributed by atoms with Gasteiger partial charge in [0.25, 0.3) is 11.7 Å². The lowest BCUT2D eigenvalue weighted by atomic mass is 9.78. The molecule has 7 rings (SSSR count). The molecule has 2 aromatic carbocycles. The number of aliphatic carboxylic acids is 1. The molecule has 5 aliphatic rings. The number of nitrogens with zero attached hydrogens (tertiary/aromatic N) is 3. The molecule has 4 aliphatic heterocycles. The number of carbonyl (C=O) groups excluding carboxylic acids is 4. The van der Waals surface area contributed by atoms with Gasteiger partial charge in [0.05, 0.1) is 60.0 Å². The van der Waals surface area contributed by atoms with Crippen molar-refractivity contribution in [1.82, 2.24) is 9.88 Å². The zero-order valence-corrected chi connectivity index (χ0v) is 49.7. The molecule has 13 atom stereocenters. The molecule has 1 saturated heterocycles. The molecule has 4 bridgehead atoms. The van der Waals surface area contributed by atoms with Crippen molar-refractivity contribution < 1.29 is 75.3 Å². The van der Waals surface area contributed by atoms with Crippen molar-refractivity contribution in [2.45, 2.75) is 92.5 Å². The number of nitrogens with one attached hydrogen (secondary N) is 1. The van der Waals surface area contributed by atoms with Crippen LogP contribution in [0.4, 0.5) is 11.4 Å². The maximum Gasteiger partial charge on any atom is 0.417 e. The molecule has 0 radical (unpaired) electrons. The Labute approximate surface area is 461 Å². The lowest BCUT2D eigenvalue weighted by Gasteiger charge is -2.40. The SMILES string of the molecule is COC1C=COC2(C)Oc3c(C)c(OP)c4c(=O)c(c5oc6cc(N7CCN(CC(C)C)CC7)cc(OP)c6nc-5c4c3C2=O)NC(=O)C(COC(=O)C(=O)O)=CC=CC(C)C(OP)C(C)C(OP)C(C)C(OC(C)=O)C1C. The molecule has 25 heteroatoms. The van der Waals surface area contributed by atoms with E-state index in [0.29, 0.717) is 19.0 Å². The third-order valence-corrected chi connectivity index (χ3v) is 15.7. The molecular formula is C53H68N4O17P4. The monoisotopic (exact) mass is 1160 g/mol. The molecule has 78 heavy (non-hydrogen) atoms. The zero-order valence-electron chi connectivity index (χ0n) is 45.1. The summed E-state index contributed by atoms with van der Waals surface area (Å²) in [4.78, 5) is 91.9. The molecule has 0 spiro atoms. The molecule has 0 aromatic heterocycles. The van der Waals surface area contributed by atoms with Crippen LogP contribution >= 0.6 is 37.9 Å². The number of carboxylic acid groups (broad SMARTS) is 1. The lowest BCUT2D eigenvalue weighted by Crippen LogP contribution is -2.47. The number of allylic oxidation sites excluding steroid dienone is 2. The number of aromatic nitrogens is 1. The largest absolute Gasteiger partial charge is 0.479 e. The number of fused-ring (bicyclic) bond motifs is 2. The van der Waals surface area contributed by atoms with Crippen LogP contribution in [0.25, 0.3) is 33.3 Å². The number of esters is 2. The molecule has 21 nitrogen and oxygen atoms in total. The molecule has 1 aliphatic carbocycles. The zero-order chi connectivity index (χ0) is 57.1. The number of ketones is 1. The van der Waals surface area contributed by atoms with E-state index in [1.54, 1.807) is 25.1 Å². The Hall–Kier alpha value is -5.35. The number of carboxylic acids is 1. The Morgan fingerprint density at radius 3 is 2.21 bits per heavy atom. The van der Waals surface area contributed by atoms with Crippen LogP contribution < -0.4 is 29.4 Å². The smallest absolute Gasteiger partial charge is 0.417 e. The van der Waals surface area contributed by atoms with E-state index in [4.69, 9.17) is 51.2 Å². The predicted molar refractivity (Wildman–Crippen MR) is 304 cm³/mol. The minimum Gasteiger partial charge on any atom is -0.479 e. The summed E-state index contributed by atoms with van der Waals surface area (Å²) in [5, 5.41) is 11.8. The van der Waals surface area contributed by atoms with Gasteiger partial charge in [-0.3, -0.25) is 24.1 Å². The van der Waals surface area contributed by atoms with E-state index in [-0.39, 0.29) is 67.3 Å². The van der Waals surface area contributed by atoms with Gasteiger partial charge < -0.3 is 61.5 Å². The lowest BCUT2D eigenvalue weighted by molar-refractivity contribution is -0.163. The summed E-state index contributed by atoms with van der Waals surface area (Å²) in [6, 6.07) is 3.56. The predicted octanol–water partition coefficient (Wildman–Crippen LogP) is 7.60. The quantitative estimate of drug-likeness (QED) is 0.0482. The van der Waals surface area contributed by atoms with E-state index in [9.17, 15) is 24.3 Å². The van der Waals surface area contributed by atoms with Gasteiger partial charge in [-0.2, -0.15) is 0 Å². The Morgan fingerprint density at radius 1 is 0.923 bits per heavy atom. The number of methoxy groups -OCH3 is 1. The van der Waals surface area contributed by atoms with Crippen molar-refractivity contribution in [3.8, 4) is 28.7 Å². The van der Waals surface area contributed by atoms with E-state index in [0.717, 1.165) is 25.3 Å². The number of anilines is 2. The summed E-state index contributed by atoms with van der Waals surface area (Å²) in [5.74, 6) is -9.43. The van der Waals surface area contributed by atoms with Gasteiger partial charge in [0, 0.05) is 125 Å². The number of hydrogen-bond donors (Lipinski definition) is 2. The second-order valence-electron chi connectivity index (χ2n) is 20.4. The topological polar surface area (TPSA) is 250 Å². The fourth-order valence-corrected chi connectivity index (χ4v) is 12.2. The third kappa shape index (κ3) is 12.2. The van der Waals surface area contributed by atoms with Crippen molar-refractivity contribution in [1.29, 1.82) is 0 Å². The molecule has 2 N–H and O–H groups in total. The summed E-state index contributed by atoms with van der Waals surface area (Å²) in [5.41, 5.74) is -0.602. The van der Waals surface area contributed by atoms with E-state index in [1.165, 1.54) is 39.4 Å². The molecule has 0 saturated carbocycles. The third-order valence-electron chi connectivity index (χ3n) is 14.6. The molecule has 13 unspecified atom stereocenters. The van der Waals surface area contributed by atoms with Crippen LogP contribution in [0.2, 0.25) is 0 Å². The van der Waals surface area contributed by atoms with Crippen molar-refractivity contribution in [2.24, 2.45) is 29.6 Å². The van der Waals surface area contributed by atoms with E-state index >= 15 is 9.59 Å². The first kappa shape index (κ1) is 60.3. The maximum atomic E-state index is 15.5. The Morgan fingerprint density at radius 2 is 1.60 bits per heavy atom. The van der Waals surface area contributed by atoms with Gasteiger partial charge in [-0.1, -0.05) is 59.8 Å². The standard InChI is InChI=1S/C53H68N4O17P4/c1-24(2)22-56-15-17-57(18-16-56)32-20-34-39(35(21-32)71-75)54-40-36-37-42(59)41(48(40)69-34)55-50(61)31(23-66-52(64)51(62)63)13-11-12-25(3)43(72-76)27(5)45(73-77)28(6)44(68-30(8)58)26(4)33(65-10)14-19-67-53(9)49(60)38(36)46(70-53)29(7)47(37)74-78/h11-14,19-21,24-28,33,43-45H,15-18,22-23,75-78H2,1-10H3,(H,55,61)(H,62,63). The summed E-state index contributed by atoms with van der Waals surface area (Å²) in [6.45, 7) is 19.1. The fraction of sp³-hybridized carbons (Fsp3) is 0.491. The highest BCUT2D eigenvalue weighted by molar-refractivity contribution is 7.10. The van der Waals surface area contributed by atoms with Crippen LogP contribution in [0.3, 0.4) is 0 Å². The number of piperazine rings is 1. The summed E-state index contributed by atoms with van der Waals surface area (Å²) in [6.07, 6.45) is 4.50. The Balaban J connectivity index is 1.50. The Bertz CT molecular complexity index is 3090. The van der Waals surface area contributed by atoms with Crippen LogP contribution in [-0.4, -0.2) is 121 Å². The first-order valence-corrected chi connectivity index (χ1v) is 27.2. The molecule has 1 fully saturated rings. The van der Waals surface area contributed by atoms with Crippen molar-refractivity contribution in [2.75, 3.05) is 56.7 Å². The molecular weight excluding hydrogens is 1090 g/mol. The number of ether oxygens (including phenoxy) is 5. The summed E-state index contributed by atoms with van der Waals surface area (Å²) in [7, 11) is 10.4. The maximum absolute atomic E-state index is 15.5. The molecule has 422 valence electrons. The van der Waals surface area contributed by atoms with E-state index < -0.39 is 101 Å². The van der Waals surface area contributed by atoms with Gasteiger partial charge in [-0.25, -0.2) is 14.6 Å². The summed E-state index contributed by atoms with van der Waals surface area (Å²) < 4.78 is 60.2.